The molecule has 0 aromatic heterocycles. The molecule has 1 nitrogen and oxygen atoms in total. The SMILES string of the molecule is CCc1ccc(CCCC[C@H]2CC[C@H](CCC=CC=CC#N)CC2)cc1. The van der Waals surface area contributed by atoms with E-state index in [0.29, 0.717) is 0 Å². The normalized spacial score (nSPS) is 20.6. The van der Waals surface area contributed by atoms with Crippen LogP contribution in [0.5, 0.6) is 0 Å². The summed E-state index contributed by atoms with van der Waals surface area (Å²) in [5.41, 5.74) is 2.95. The van der Waals surface area contributed by atoms with Gasteiger partial charge in [-0.3, -0.25) is 0 Å². The zero-order valence-corrected chi connectivity index (χ0v) is 16.5. The molecule has 0 bridgehead atoms. The predicted molar refractivity (Wildman–Crippen MR) is 112 cm³/mol. The molecular formula is C25H35N. The van der Waals surface area contributed by atoms with E-state index in [1.54, 1.807) is 0 Å². The first kappa shape index (κ1) is 20.5. The number of hydrogen-bond acceptors (Lipinski definition) is 1. The molecule has 1 saturated carbocycles. The van der Waals surface area contributed by atoms with Crippen molar-refractivity contribution in [1.29, 1.82) is 5.26 Å². The lowest BCUT2D eigenvalue weighted by molar-refractivity contribution is 0.250. The number of allylic oxidation sites excluding steroid dienone is 4. The van der Waals surface area contributed by atoms with Crippen LogP contribution in [0.1, 0.15) is 75.8 Å². The third-order valence-corrected chi connectivity index (χ3v) is 5.88. The molecule has 26 heavy (non-hydrogen) atoms. The Bertz CT molecular complexity index is 580. The molecule has 0 radical (unpaired) electrons. The fourth-order valence-corrected chi connectivity index (χ4v) is 4.12. The molecule has 1 heteroatoms. The number of rotatable bonds is 10. The molecule has 1 aromatic rings. The van der Waals surface area contributed by atoms with Crippen molar-refractivity contribution >= 4 is 0 Å². The van der Waals surface area contributed by atoms with Gasteiger partial charge in [-0.2, -0.15) is 5.26 Å². The Morgan fingerprint density at radius 3 is 2.23 bits per heavy atom. The Kier molecular flexibility index (Phi) is 9.88. The number of nitrogens with zero attached hydrogens (tertiary/aromatic N) is 1. The molecule has 1 aliphatic carbocycles. The first-order valence-electron chi connectivity index (χ1n) is 10.6. The lowest BCUT2D eigenvalue weighted by Gasteiger charge is -2.28. The second-order valence-electron chi connectivity index (χ2n) is 7.80. The number of unbranched alkanes of at least 4 members (excludes halogenated alkanes) is 1. The van der Waals surface area contributed by atoms with Gasteiger partial charge >= 0.3 is 0 Å². The molecular weight excluding hydrogens is 314 g/mol. The number of benzene rings is 1. The van der Waals surface area contributed by atoms with Crippen LogP contribution in [0.3, 0.4) is 0 Å². The Balaban J connectivity index is 1.52. The average Bonchev–Trinajstić information content (AvgIpc) is 2.69. The summed E-state index contributed by atoms with van der Waals surface area (Å²) in [4.78, 5) is 0. The van der Waals surface area contributed by atoms with Crippen molar-refractivity contribution in [3.05, 3.63) is 59.7 Å². The largest absolute Gasteiger partial charge is 0.193 e. The van der Waals surface area contributed by atoms with Crippen molar-refractivity contribution in [2.24, 2.45) is 11.8 Å². The van der Waals surface area contributed by atoms with Crippen molar-refractivity contribution in [2.45, 2.75) is 77.6 Å². The molecule has 0 N–H and O–H groups in total. The van der Waals surface area contributed by atoms with Gasteiger partial charge in [-0.1, -0.05) is 87.9 Å². The van der Waals surface area contributed by atoms with Crippen molar-refractivity contribution in [1.82, 2.24) is 0 Å². The molecule has 1 fully saturated rings. The minimum Gasteiger partial charge on any atom is -0.193 e. The molecule has 0 aliphatic heterocycles. The monoisotopic (exact) mass is 349 g/mol. The fraction of sp³-hybridized carbons (Fsp3) is 0.560. The summed E-state index contributed by atoms with van der Waals surface area (Å²) in [6.45, 7) is 2.22. The third-order valence-electron chi connectivity index (χ3n) is 5.88. The van der Waals surface area contributed by atoms with Crippen molar-refractivity contribution in [3.63, 3.8) is 0 Å². The Hall–Kier alpha value is -1.81. The van der Waals surface area contributed by atoms with Crippen LogP contribution in [-0.2, 0) is 12.8 Å². The van der Waals surface area contributed by atoms with Crippen LogP contribution < -0.4 is 0 Å². The van der Waals surface area contributed by atoms with Gasteiger partial charge in [0.15, 0.2) is 0 Å². The maximum Gasteiger partial charge on any atom is 0.0912 e. The van der Waals surface area contributed by atoms with Crippen molar-refractivity contribution in [3.8, 4) is 6.07 Å². The van der Waals surface area contributed by atoms with E-state index in [1.807, 2.05) is 18.2 Å². The average molecular weight is 350 g/mol. The van der Waals surface area contributed by atoms with Gasteiger partial charge in [0.2, 0.25) is 0 Å². The zero-order valence-electron chi connectivity index (χ0n) is 16.5. The number of nitriles is 1. The quantitative estimate of drug-likeness (QED) is 0.249. The second-order valence-corrected chi connectivity index (χ2v) is 7.80. The zero-order chi connectivity index (χ0) is 18.5. The minimum atomic E-state index is 0.924. The van der Waals surface area contributed by atoms with Crippen molar-refractivity contribution in [2.75, 3.05) is 0 Å². The number of hydrogen-bond donors (Lipinski definition) is 0. The summed E-state index contributed by atoms with van der Waals surface area (Å²) in [6.07, 6.45) is 22.3. The molecule has 140 valence electrons. The van der Waals surface area contributed by atoms with Gasteiger partial charge < -0.3 is 0 Å². The van der Waals surface area contributed by atoms with Crippen LogP contribution in [0.25, 0.3) is 0 Å². The van der Waals surface area contributed by atoms with E-state index in [9.17, 15) is 0 Å². The smallest absolute Gasteiger partial charge is 0.0912 e. The second kappa shape index (κ2) is 12.5. The summed E-state index contributed by atoms with van der Waals surface area (Å²) < 4.78 is 0. The van der Waals surface area contributed by atoms with E-state index in [4.69, 9.17) is 5.26 Å². The lowest BCUT2D eigenvalue weighted by atomic mass is 9.78. The van der Waals surface area contributed by atoms with Gasteiger partial charge in [0.1, 0.15) is 0 Å². The van der Waals surface area contributed by atoms with Gasteiger partial charge in [-0.15, -0.1) is 0 Å². The molecule has 2 rings (SSSR count). The maximum absolute atomic E-state index is 8.44. The highest BCUT2D eigenvalue weighted by atomic mass is 14.3. The molecule has 1 aliphatic rings. The lowest BCUT2D eigenvalue weighted by Crippen LogP contribution is -2.14. The van der Waals surface area contributed by atoms with E-state index in [2.05, 4.69) is 37.3 Å². The van der Waals surface area contributed by atoms with E-state index < -0.39 is 0 Å². The molecule has 1 aromatic carbocycles. The fourth-order valence-electron chi connectivity index (χ4n) is 4.12. The number of aryl methyl sites for hydroxylation is 2. The van der Waals surface area contributed by atoms with Crippen LogP contribution in [-0.4, -0.2) is 0 Å². The predicted octanol–water partition coefficient (Wildman–Crippen LogP) is 7.18. The molecule has 0 amide bonds. The van der Waals surface area contributed by atoms with Crippen molar-refractivity contribution < 1.29 is 0 Å². The van der Waals surface area contributed by atoms with E-state index in [0.717, 1.165) is 24.7 Å². The summed E-state index contributed by atoms with van der Waals surface area (Å²) >= 11 is 0. The van der Waals surface area contributed by atoms with Gasteiger partial charge in [0.25, 0.3) is 0 Å². The molecule has 0 saturated heterocycles. The van der Waals surface area contributed by atoms with Crippen LogP contribution in [0.4, 0.5) is 0 Å². The van der Waals surface area contributed by atoms with Gasteiger partial charge in [-0.05, 0) is 55.1 Å². The highest BCUT2D eigenvalue weighted by molar-refractivity contribution is 5.22. The first-order valence-corrected chi connectivity index (χ1v) is 10.6. The molecule has 0 heterocycles. The van der Waals surface area contributed by atoms with Crippen LogP contribution in [0, 0.1) is 23.2 Å². The minimum absolute atomic E-state index is 0.924. The van der Waals surface area contributed by atoms with Crippen LogP contribution >= 0.6 is 0 Å². The van der Waals surface area contributed by atoms with E-state index in [-0.39, 0.29) is 0 Å². The summed E-state index contributed by atoms with van der Waals surface area (Å²) in [5, 5.41) is 8.44. The highest BCUT2D eigenvalue weighted by Crippen LogP contribution is 2.34. The standard InChI is InChI=1S/C25H35N/c1-2-22-13-15-24(16-14-22)11-7-8-12-25-19-17-23(18-20-25)10-6-4-3-5-9-21-26/h3-5,9,13-16,23,25H,2,6-8,10-12,17-20H2,1H3/t23-,25-. The summed E-state index contributed by atoms with van der Waals surface area (Å²) in [5.74, 6) is 1.90. The molecule has 0 unspecified atom stereocenters. The topological polar surface area (TPSA) is 23.8 Å². The molecule has 0 spiro atoms. The van der Waals surface area contributed by atoms with Crippen LogP contribution in [0.15, 0.2) is 48.6 Å². The van der Waals surface area contributed by atoms with Gasteiger partial charge in [0.05, 0.1) is 6.07 Å². The van der Waals surface area contributed by atoms with E-state index >= 15 is 0 Å². The molecule has 0 atom stereocenters. The summed E-state index contributed by atoms with van der Waals surface area (Å²) in [7, 11) is 0. The van der Waals surface area contributed by atoms with Gasteiger partial charge in [-0.25, -0.2) is 0 Å². The highest BCUT2D eigenvalue weighted by Gasteiger charge is 2.20. The Morgan fingerprint density at radius 2 is 1.58 bits per heavy atom. The maximum atomic E-state index is 8.44. The first-order chi connectivity index (χ1) is 12.8. The van der Waals surface area contributed by atoms with Crippen LogP contribution in [0.2, 0.25) is 0 Å². The summed E-state index contributed by atoms with van der Waals surface area (Å²) in [6, 6.07) is 11.2. The van der Waals surface area contributed by atoms with E-state index in [1.165, 1.54) is 75.0 Å². The van der Waals surface area contributed by atoms with Gasteiger partial charge in [0, 0.05) is 6.08 Å². The Morgan fingerprint density at radius 1 is 0.923 bits per heavy atom. The Labute approximate surface area is 160 Å². The third kappa shape index (κ3) is 8.05.